The van der Waals surface area contributed by atoms with Crippen molar-refractivity contribution in [1.29, 1.82) is 0 Å². The normalized spacial score (nSPS) is 14.1. The smallest absolute Gasteiger partial charge is 0.313 e. The standard InChI is InChI=1S/C10H11N7O3/c1-20-8-3-2-6(4-7(8)17(18)19)12-16-15-10-5-9(11)13-14-10/h2-4H,5H2,1H3,(H2,11,13)(H,12,14,15). The minimum absolute atomic E-state index is 0.166. The molecular formula is C10H11N7O3. The molecule has 1 heterocycles. The van der Waals surface area contributed by atoms with Crippen molar-refractivity contribution in [2.24, 2.45) is 26.3 Å². The quantitative estimate of drug-likeness (QED) is 0.487. The van der Waals surface area contributed by atoms with Gasteiger partial charge in [0.25, 0.3) is 0 Å². The Morgan fingerprint density at radius 2 is 2.30 bits per heavy atom. The number of benzene rings is 1. The van der Waals surface area contributed by atoms with Gasteiger partial charge in [-0.15, -0.1) is 15.3 Å². The first-order chi connectivity index (χ1) is 9.60. The van der Waals surface area contributed by atoms with E-state index in [2.05, 4.69) is 26.0 Å². The molecule has 10 heteroatoms. The molecule has 0 saturated heterocycles. The van der Waals surface area contributed by atoms with Crippen molar-refractivity contribution in [1.82, 2.24) is 0 Å². The fourth-order valence-corrected chi connectivity index (χ4v) is 1.45. The lowest BCUT2D eigenvalue weighted by Gasteiger charge is -2.03. The number of ether oxygens (including phenoxy) is 1. The summed E-state index contributed by atoms with van der Waals surface area (Å²) in [5.74, 6) is 0.885. The maximum atomic E-state index is 10.8. The predicted molar refractivity (Wildman–Crippen MR) is 71.8 cm³/mol. The molecule has 1 aliphatic heterocycles. The molecule has 104 valence electrons. The number of nitrogens with one attached hydrogen (secondary N) is 1. The Hall–Kier alpha value is -3.04. The monoisotopic (exact) mass is 277 g/mol. The Morgan fingerprint density at radius 1 is 1.50 bits per heavy atom. The zero-order valence-electron chi connectivity index (χ0n) is 10.5. The third-order valence-corrected chi connectivity index (χ3v) is 2.35. The molecule has 10 nitrogen and oxygen atoms in total. The fourth-order valence-electron chi connectivity index (χ4n) is 1.45. The van der Waals surface area contributed by atoms with Gasteiger partial charge in [-0.05, 0) is 12.1 Å². The summed E-state index contributed by atoms with van der Waals surface area (Å²) in [7, 11) is 1.36. The van der Waals surface area contributed by atoms with Gasteiger partial charge in [-0.25, -0.2) is 0 Å². The van der Waals surface area contributed by atoms with Crippen molar-refractivity contribution >= 4 is 23.0 Å². The van der Waals surface area contributed by atoms with Crippen LogP contribution in [-0.2, 0) is 0 Å². The molecule has 0 amide bonds. The molecule has 0 unspecified atom stereocenters. The highest BCUT2D eigenvalue weighted by Crippen LogP contribution is 2.29. The van der Waals surface area contributed by atoms with Gasteiger partial charge in [0.2, 0.25) is 0 Å². The Kier molecular flexibility index (Phi) is 3.84. The van der Waals surface area contributed by atoms with E-state index < -0.39 is 4.92 Å². The third-order valence-electron chi connectivity index (χ3n) is 2.35. The maximum Gasteiger partial charge on any atom is 0.313 e. The van der Waals surface area contributed by atoms with Crippen molar-refractivity contribution in [3.63, 3.8) is 0 Å². The van der Waals surface area contributed by atoms with E-state index in [1.807, 2.05) is 0 Å². The lowest BCUT2D eigenvalue weighted by atomic mass is 10.2. The summed E-state index contributed by atoms with van der Waals surface area (Å²) in [4.78, 5) is 10.3. The number of amidine groups is 2. The van der Waals surface area contributed by atoms with Gasteiger partial charge >= 0.3 is 5.69 Å². The number of nitrogens with two attached hydrogens (primary N) is 1. The second kappa shape index (κ2) is 5.73. The number of nitro benzene ring substituents is 1. The summed E-state index contributed by atoms with van der Waals surface area (Å²) in [6, 6.07) is 4.33. The topological polar surface area (TPSA) is 140 Å². The van der Waals surface area contributed by atoms with Gasteiger partial charge in [0.15, 0.2) is 11.6 Å². The predicted octanol–water partition coefficient (Wildman–Crippen LogP) is 1.46. The second-order valence-corrected chi connectivity index (χ2v) is 3.74. The largest absolute Gasteiger partial charge is 0.490 e. The van der Waals surface area contributed by atoms with E-state index in [-0.39, 0.29) is 11.4 Å². The Bertz CT molecular complexity index is 623. The summed E-state index contributed by atoms with van der Waals surface area (Å²) in [6.45, 7) is 0. The second-order valence-electron chi connectivity index (χ2n) is 3.74. The van der Waals surface area contributed by atoms with Gasteiger partial charge in [0.1, 0.15) is 5.84 Å². The summed E-state index contributed by atoms with van der Waals surface area (Å²) in [5.41, 5.74) is 8.21. The van der Waals surface area contributed by atoms with Gasteiger partial charge in [0.05, 0.1) is 24.1 Å². The molecule has 1 aromatic rings. The average molecular weight is 277 g/mol. The molecule has 3 N–H and O–H groups in total. The zero-order chi connectivity index (χ0) is 14.5. The summed E-state index contributed by atoms with van der Waals surface area (Å²) in [6.07, 6.45) is 0.327. The first-order valence-corrected chi connectivity index (χ1v) is 5.48. The van der Waals surface area contributed by atoms with Gasteiger partial charge < -0.3 is 10.5 Å². The van der Waals surface area contributed by atoms with Crippen molar-refractivity contribution in [3.8, 4) is 5.75 Å². The third kappa shape index (κ3) is 3.04. The van der Waals surface area contributed by atoms with E-state index in [1.54, 1.807) is 6.07 Å². The van der Waals surface area contributed by atoms with Gasteiger partial charge in [0, 0.05) is 6.07 Å². The van der Waals surface area contributed by atoms with Crippen LogP contribution in [0.5, 0.6) is 5.75 Å². The van der Waals surface area contributed by atoms with Crippen LogP contribution in [0.15, 0.2) is 38.7 Å². The van der Waals surface area contributed by atoms with E-state index in [4.69, 9.17) is 10.5 Å². The minimum atomic E-state index is -0.545. The van der Waals surface area contributed by atoms with Crippen LogP contribution >= 0.6 is 0 Å². The molecule has 0 spiro atoms. The van der Waals surface area contributed by atoms with Crippen LogP contribution in [0.25, 0.3) is 0 Å². The van der Waals surface area contributed by atoms with Crippen LogP contribution in [0.3, 0.4) is 0 Å². The number of nitrogens with zero attached hydrogens (tertiary/aromatic N) is 5. The van der Waals surface area contributed by atoms with E-state index in [0.29, 0.717) is 23.8 Å². The molecule has 0 radical (unpaired) electrons. The summed E-state index contributed by atoms with van der Waals surface area (Å²) >= 11 is 0. The highest BCUT2D eigenvalue weighted by atomic mass is 16.6. The van der Waals surface area contributed by atoms with Crippen LogP contribution in [0, 0.1) is 10.1 Å². The first-order valence-electron chi connectivity index (χ1n) is 5.48. The van der Waals surface area contributed by atoms with Crippen LogP contribution < -0.4 is 15.9 Å². The minimum Gasteiger partial charge on any atom is -0.490 e. The molecule has 0 atom stereocenters. The van der Waals surface area contributed by atoms with Crippen LogP contribution in [0.4, 0.5) is 11.4 Å². The number of methoxy groups -OCH3 is 1. The van der Waals surface area contributed by atoms with Crippen LogP contribution in [-0.4, -0.2) is 23.7 Å². The van der Waals surface area contributed by atoms with Gasteiger partial charge in [-0.3, -0.25) is 15.5 Å². The number of hydrogen-bond donors (Lipinski definition) is 2. The molecule has 0 bridgehead atoms. The molecule has 0 saturated carbocycles. The molecule has 0 aliphatic carbocycles. The van der Waals surface area contributed by atoms with E-state index in [9.17, 15) is 10.1 Å². The molecule has 1 aromatic carbocycles. The van der Waals surface area contributed by atoms with Crippen molar-refractivity contribution in [2.75, 3.05) is 12.5 Å². The highest BCUT2D eigenvalue weighted by Gasteiger charge is 2.15. The molecule has 1 aliphatic rings. The van der Waals surface area contributed by atoms with Gasteiger partial charge in [-0.1, -0.05) is 5.22 Å². The van der Waals surface area contributed by atoms with Crippen LogP contribution in [0.1, 0.15) is 6.42 Å². The molecule has 0 aromatic heterocycles. The van der Waals surface area contributed by atoms with E-state index in [1.165, 1.54) is 19.2 Å². The SMILES string of the molecule is COc1ccc(NN=NC2=NN=C(N)C2)cc1[N+](=O)[O-]. The number of hydrogen-bond acceptors (Lipinski definition) is 8. The van der Waals surface area contributed by atoms with Gasteiger partial charge in [-0.2, -0.15) is 0 Å². The lowest BCUT2D eigenvalue weighted by Crippen LogP contribution is -2.10. The van der Waals surface area contributed by atoms with E-state index in [0.717, 1.165) is 0 Å². The average Bonchev–Trinajstić information content (AvgIpc) is 2.84. The number of nitro groups is 1. The van der Waals surface area contributed by atoms with Crippen LogP contribution in [0.2, 0.25) is 0 Å². The van der Waals surface area contributed by atoms with E-state index >= 15 is 0 Å². The van der Waals surface area contributed by atoms with Crippen molar-refractivity contribution in [3.05, 3.63) is 28.3 Å². The summed E-state index contributed by atoms with van der Waals surface area (Å²) < 4.78 is 4.89. The lowest BCUT2D eigenvalue weighted by molar-refractivity contribution is -0.385. The number of rotatable bonds is 4. The maximum absolute atomic E-state index is 10.8. The van der Waals surface area contributed by atoms with Crippen molar-refractivity contribution in [2.45, 2.75) is 6.42 Å². The first kappa shape index (κ1) is 13.4. The Labute approximate surface area is 113 Å². The zero-order valence-corrected chi connectivity index (χ0v) is 10.5. The molecule has 0 fully saturated rings. The summed E-state index contributed by atoms with van der Waals surface area (Å²) in [5, 5.41) is 25.5. The Balaban J connectivity index is 2.05. The molecular weight excluding hydrogens is 266 g/mol. The van der Waals surface area contributed by atoms with Crippen molar-refractivity contribution < 1.29 is 9.66 Å². The highest BCUT2D eigenvalue weighted by molar-refractivity contribution is 6.04. The Morgan fingerprint density at radius 3 is 2.90 bits per heavy atom. The molecule has 20 heavy (non-hydrogen) atoms. The number of anilines is 1. The molecule has 2 rings (SSSR count). The fraction of sp³-hybridized carbons (Fsp3) is 0.200.